The Balaban J connectivity index is 2.74. The van der Waals surface area contributed by atoms with E-state index in [2.05, 4.69) is 15.9 Å². The molecule has 4 heteroatoms. The van der Waals surface area contributed by atoms with Gasteiger partial charge in [0.25, 0.3) is 0 Å². The molecule has 0 bridgehead atoms. The zero-order valence-electron chi connectivity index (χ0n) is 8.74. The molecule has 0 aliphatic heterocycles. The number of halogens is 1. The third-order valence-corrected chi connectivity index (χ3v) is 2.95. The van der Waals surface area contributed by atoms with E-state index in [1.165, 1.54) is 0 Å². The van der Waals surface area contributed by atoms with Crippen molar-refractivity contribution in [2.24, 2.45) is 11.7 Å². The highest BCUT2D eigenvalue weighted by molar-refractivity contribution is 9.10. The van der Waals surface area contributed by atoms with E-state index < -0.39 is 0 Å². The Kier molecular flexibility index (Phi) is 5.08. The number of ether oxygens (including phenoxy) is 1. The van der Waals surface area contributed by atoms with Crippen molar-refractivity contribution in [3.05, 3.63) is 28.2 Å². The summed E-state index contributed by atoms with van der Waals surface area (Å²) in [6, 6.07) is 5.89. The minimum absolute atomic E-state index is 0.125. The monoisotopic (exact) mass is 273 g/mol. The predicted molar refractivity (Wildman–Crippen MR) is 64.0 cm³/mol. The molecule has 0 aromatic heterocycles. The zero-order chi connectivity index (χ0) is 11.3. The van der Waals surface area contributed by atoms with Crippen LogP contribution in [0.3, 0.4) is 0 Å². The van der Waals surface area contributed by atoms with E-state index in [1.54, 1.807) is 7.11 Å². The Morgan fingerprint density at radius 1 is 1.53 bits per heavy atom. The van der Waals surface area contributed by atoms with Crippen molar-refractivity contribution in [1.29, 1.82) is 0 Å². The average molecular weight is 274 g/mol. The van der Waals surface area contributed by atoms with Crippen LogP contribution in [0.5, 0.6) is 5.75 Å². The highest BCUT2D eigenvalue weighted by Gasteiger charge is 2.08. The lowest BCUT2D eigenvalue weighted by molar-refractivity contribution is 0.230. The van der Waals surface area contributed by atoms with E-state index in [9.17, 15) is 0 Å². The molecular weight excluding hydrogens is 258 g/mol. The lowest BCUT2D eigenvalue weighted by Crippen LogP contribution is -2.20. The number of nitrogens with two attached hydrogens (primary N) is 1. The second kappa shape index (κ2) is 6.10. The number of hydrogen-bond acceptors (Lipinski definition) is 3. The van der Waals surface area contributed by atoms with Crippen LogP contribution in [0, 0.1) is 5.92 Å². The quantitative estimate of drug-likeness (QED) is 0.856. The molecule has 1 unspecified atom stereocenters. The van der Waals surface area contributed by atoms with Gasteiger partial charge in [-0.25, -0.2) is 0 Å². The van der Waals surface area contributed by atoms with Crippen LogP contribution in [0.15, 0.2) is 22.7 Å². The highest BCUT2D eigenvalue weighted by atomic mass is 79.9. The predicted octanol–water partition coefficient (Wildman–Crippen LogP) is 1.57. The van der Waals surface area contributed by atoms with Crippen molar-refractivity contribution in [3.8, 4) is 5.75 Å². The first kappa shape index (κ1) is 12.5. The maximum Gasteiger partial charge on any atom is 0.133 e. The number of aliphatic hydroxyl groups is 1. The molecule has 0 saturated heterocycles. The fourth-order valence-electron chi connectivity index (χ4n) is 1.39. The van der Waals surface area contributed by atoms with Crippen molar-refractivity contribution in [2.75, 3.05) is 20.3 Å². The molecule has 15 heavy (non-hydrogen) atoms. The molecule has 3 nitrogen and oxygen atoms in total. The van der Waals surface area contributed by atoms with Crippen molar-refractivity contribution < 1.29 is 9.84 Å². The fourth-order valence-corrected chi connectivity index (χ4v) is 1.98. The van der Waals surface area contributed by atoms with E-state index in [1.807, 2.05) is 18.2 Å². The molecule has 0 spiro atoms. The molecule has 0 saturated carbocycles. The number of methoxy groups -OCH3 is 1. The van der Waals surface area contributed by atoms with Gasteiger partial charge in [-0.3, -0.25) is 0 Å². The molecule has 0 radical (unpaired) electrons. The topological polar surface area (TPSA) is 55.5 Å². The van der Waals surface area contributed by atoms with Crippen LogP contribution >= 0.6 is 15.9 Å². The number of hydrogen-bond donors (Lipinski definition) is 2. The van der Waals surface area contributed by atoms with Crippen LogP contribution in [0.1, 0.15) is 5.56 Å². The van der Waals surface area contributed by atoms with Gasteiger partial charge in [0.1, 0.15) is 5.75 Å². The van der Waals surface area contributed by atoms with Crippen LogP contribution in [0.2, 0.25) is 0 Å². The highest BCUT2D eigenvalue weighted by Crippen LogP contribution is 2.26. The van der Waals surface area contributed by atoms with Gasteiger partial charge >= 0.3 is 0 Å². The average Bonchev–Trinajstić information content (AvgIpc) is 2.26. The summed E-state index contributed by atoms with van der Waals surface area (Å²) in [5, 5.41) is 9.04. The maximum atomic E-state index is 9.04. The van der Waals surface area contributed by atoms with Gasteiger partial charge in [-0.2, -0.15) is 0 Å². The Hall–Kier alpha value is -0.580. The summed E-state index contributed by atoms with van der Waals surface area (Å²) < 4.78 is 6.06. The third-order valence-electron chi connectivity index (χ3n) is 2.33. The summed E-state index contributed by atoms with van der Waals surface area (Å²) in [5.74, 6) is 0.942. The normalized spacial score (nSPS) is 12.5. The van der Waals surface area contributed by atoms with Crippen molar-refractivity contribution >= 4 is 15.9 Å². The van der Waals surface area contributed by atoms with E-state index >= 15 is 0 Å². The van der Waals surface area contributed by atoms with Crippen LogP contribution < -0.4 is 10.5 Å². The van der Waals surface area contributed by atoms with Crippen LogP contribution in [0.25, 0.3) is 0 Å². The van der Waals surface area contributed by atoms with Gasteiger partial charge in [-0.1, -0.05) is 6.07 Å². The first-order chi connectivity index (χ1) is 7.21. The Morgan fingerprint density at radius 3 is 2.73 bits per heavy atom. The molecule has 1 rings (SSSR count). The SMILES string of the molecule is COc1ccc(CC(CN)CO)cc1Br. The van der Waals surface area contributed by atoms with Gasteiger partial charge in [0, 0.05) is 6.61 Å². The van der Waals surface area contributed by atoms with Crippen molar-refractivity contribution in [3.63, 3.8) is 0 Å². The van der Waals surface area contributed by atoms with Gasteiger partial charge in [-0.15, -0.1) is 0 Å². The smallest absolute Gasteiger partial charge is 0.133 e. The van der Waals surface area contributed by atoms with Crippen LogP contribution in [-0.2, 0) is 6.42 Å². The summed E-state index contributed by atoms with van der Waals surface area (Å²) in [6.07, 6.45) is 0.787. The van der Waals surface area contributed by atoms with Crippen molar-refractivity contribution in [1.82, 2.24) is 0 Å². The lowest BCUT2D eigenvalue weighted by Gasteiger charge is -2.12. The first-order valence-electron chi connectivity index (χ1n) is 4.84. The zero-order valence-corrected chi connectivity index (χ0v) is 10.3. The Morgan fingerprint density at radius 2 is 2.27 bits per heavy atom. The van der Waals surface area contributed by atoms with Crippen LogP contribution in [-0.4, -0.2) is 25.4 Å². The molecule has 1 atom stereocenters. The largest absolute Gasteiger partial charge is 0.496 e. The molecule has 84 valence electrons. The summed E-state index contributed by atoms with van der Waals surface area (Å²) >= 11 is 3.42. The summed E-state index contributed by atoms with van der Waals surface area (Å²) in [6.45, 7) is 0.625. The van der Waals surface area contributed by atoms with E-state index in [-0.39, 0.29) is 12.5 Å². The molecule has 0 aliphatic rings. The molecule has 0 aliphatic carbocycles. The van der Waals surface area contributed by atoms with E-state index in [0.29, 0.717) is 6.54 Å². The fraction of sp³-hybridized carbons (Fsp3) is 0.455. The van der Waals surface area contributed by atoms with Gasteiger partial charge in [-0.05, 0) is 52.5 Å². The minimum Gasteiger partial charge on any atom is -0.496 e. The molecule has 0 fully saturated rings. The van der Waals surface area contributed by atoms with Crippen LogP contribution in [0.4, 0.5) is 0 Å². The van der Waals surface area contributed by atoms with Gasteiger partial charge in [0.2, 0.25) is 0 Å². The second-order valence-corrected chi connectivity index (χ2v) is 4.31. The third kappa shape index (κ3) is 3.48. The second-order valence-electron chi connectivity index (χ2n) is 3.46. The van der Waals surface area contributed by atoms with Gasteiger partial charge in [0.05, 0.1) is 11.6 Å². The first-order valence-corrected chi connectivity index (χ1v) is 5.64. The molecule has 3 N–H and O–H groups in total. The Bertz CT molecular complexity index is 313. The van der Waals surface area contributed by atoms with Gasteiger partial charge < -0.3 is 15.6 Å². The minimum atomic E-state index is 0.125. The number of rotatable bonds is 5. The molecule has 1 aromatic carbocycles. The van der Waals surface area contributed by atoms with E-state index in [0.717, 1.165) is 22.2 Å². The number of benzene rings is 1. The lowest BCUT2D eigenvalue weighted by atomic mass is 10.0. The summed E-state index contributed by atoms with van der Waals surface area (Å²) in [7, 11) is 1.64. The summed E-state index contributed by atoms with van der Waals surface area (Å²) in [4.78, 5) is 0. The standard InChI is InChI=1S/C11H16BrNO2/c1-15-11-3-2-8(5-10(11)12)4-9(6-13)7-14/h2-3,5,9,14H,4,6-7,13H2,1H3. The molecular formula is C11H16BrNO2. The van der Waals surface area contributed by atoms with E-state index in [4.69, 9.17) is 15.6 Å². The summed E-state index contributed by atoms with van der Waals surface area (Å²) in [5.41, 5.74) is 6.67. The maximum absolute atomic E-state index is 9.04. The number of aliphatic hydroxyl groups excluding tert-OH is 1. The molecule has 0 heterocycles. The van der Waals surface area contributed by atoms with Gasteiger partial charge in [0.15, 0.2) is 0 Å². The van der Waals surface area contributed by atoms with Crippen molar-refractivity contribution in [2.45, 2.75) is 6.42 Å². The Labute approximate surface area is 98.4 Å². The molecule has 0 amide bonds. The molecule has 1 aromatic rings.